The van der Waals surface area contributed by atoms with Crippen LogP contribution < -0.4 is 4.90 Å². The van der Waals surface area contributed by atoms with E-state index >= 15 is 0 Å². The third kappa shape index (κ3) is 3.31. The third-order valence-electron chi connectivity index (χ3n) is 6.31. The topological polar surface area (TPSA) is 58.6 Å². The number of amides is 1. The number of carbonyl (C=O) groups excluding carboxylic acids is 1. The monoisotopic (exact) mass is 356 g/mol. The average molecular weight is 356 g/mol. The zero-order chi connectivity index (χ0) is 17.5. The fourth-order valence-corrected chi connectivity index (χ4v) is 4.55. The van der Waals surface area contributed by atoms with Crippen LogP contribution in [0.3, 0.4) is 0 Å². The van der Waals surface area contributed by atoms with Gasteiger partial charge in [0.1, 0.15) is 6.10 Å². The van der Waals surface area contributed by atoms with Crippen molar-refractivity contribution in [3.05, 3.63) is 18.0 Å². The maximum absolute atomic E-state index is 13.1. The van der Waals surface area contributed by atoms with Gasteiger partial charge >= 0.3 is 0 Å². The van der Waals surface area contributed by atoms with E-state index < -0.39 is 0 Å². The Labute approximate surface area is 154 Å². The molecule has 3 heterocycles. The minimum atomic E-state index is -0.129. The summed E-state index contributed by atoms with van der Waals surface area (Å²) in [5, 5.41) is 0. The molecule has 1 atom stereocenters. The van der Waals surface area contributed by atoms with Crippen LogP contribution in [0.15, 0.2) is 12.3 Å². The molecule has 0 spiro atoms. The Morgan fingerprint density at radius 2 is 1.85 bits per heavy atom. The number of morpholine rings is 1. The van der Waals surface area contributed by atoms with Crippen LogP contribution in [0.5, 0.6) is 0 Å². The number of rotatable bonds is 5. The standard InChI is InChI=1S/C20H28N4O2/c25-19(18(14-3-4-14)15-5-6-15)24-11-12-26-17(13-24)16-7-8-21-20(22-16)23-9-1-2-10-23/h7-8,14-15,17-18H,1-6,9-13H2/t17-/m1/s1. The Morgan fingerprint density at radius 1 is 1.12 bits per heavy atom. The molecule has 0 radical (unpaired) electrons. The third-order valence-corrected chi connectivity index (χ3v) is 6.31. The maximum Gasteiger partial charge on any atom is 0.226 e. The molecule has 140 valence electrons. The Kier molecular flexibility index (Phi) is 4.31. The molecule has 6 heteroatoms. The fourth-order valence-electron chi connectivity index (χ4n) is 4.55. The predicted octanol–water partition coefficient (Wildman–Crippen LogP) is 2.41. The molecule has 0 unspecified atom stereocenters. The lowest BCUT2D eigenvalue weighted by atomic mass is 9.95. The van der Waals surface area contributed by atoms with Crippen molar-refractivity contribution in [3.8, 4) is 0 Å². The van der Waals surface area contributed by atoms with Crippen molar-refractivity contribution < 1.29 is 9.53 Å². The van der Waals surface area contributed by atoms with Gasteiger partial charge in [-0.3, -0.25) is 4.79 Å². The van der Waals surface area contributed by atoms with Crippen LogP contribution in [-0.2, 0) is 9.53 Å². The van der Waals surface area contributed by atoms with E-state index in [0.717, 1.165) is 31.3 Å². The molecule has 0 aromatic carbocycles. The van der Waals surface area contributed by atoms with Gasteiger partial charge in [-0.1, -0.05) is 0 Å². The van der Waals surface area contributed by atoms with Crippen molar-refractivity contribution in [1.82, 2.24) is 14.9 Å². The largest absolute Gasteiger partial charge is 0.368 e. The number of nitrogens with zero attached hydrogens (tertiary/aromatic N) is 4. The SMILES string of the molecule is O=C(C(C1CC1)C1CC1)N1CCO[C@@H](c2ccnc(N3CCCC3)n2)C1. The van der Waals surface area contributed by atoms with E-state index in [1.54, 1.807) is 0 Å². The van der Waals surface area contributed by atoms with Crippen molar-refractivity contribution in [2.75, 3.05) is 37.7 Å². The average Bonchev–Trinajstić information content (AvgIpc) is 3.63. The number of ether oxygens (including phenoxy) is 1. The molecule has 0 N–H and O–H groups in total. The van der Waals surface area contributed by atoms with Crippen LogP contribution >= 0.6 is 0 Å². The van der Waals surface area contributed by atoms with Crippen LogP contribution in [0.4, 0.5) is 5.95 Å². The molecule has 1 aromatic heterocycles. The van der Waals surface area contributed by atoms with Gasteiger partial charge in [0.25, 0.3) is 0 Å². The van der Waals surface area contributed by atoms with Crippen molar-refractivity contribution in [2.24, 2.45) is 17.8 Å². The second-order valence-electron chi connectivity index (χ2n) is 8.32. The van der Waals surface area contributed by atoms with E-state index in [9.17, 15) is 4.79 Å². The fraction of sp³-hybridized carbons (Fsp3) is 0.750. The highest BCUT2D eigenvalue weighted by atomic mass is 16.5. The number of hydrogen-bond acceptors (Lipinski definition) is 5. The van der Waals surface area contributed by atoms with Crippen LogP contribution in [-0.4, -0.2) is 53.6 Å². The van der Waals surface area contributed by atoms with Gasteiger partial charge in [-0.05, 0) is 56.4 Å². The van der Waals surface area contributed by atoms with Crippen molar-refractivity contribution in [1.29, 1.82) is 0 Å². The summed E-state index contributed by atoms with van der Waals surface area (Å²) in [5.74, 6) is 2.76. The van der Waals surface area contributed by atoms with Gasteiger partial charge in [-0.25, -0.2) is 9.97 Å². The van der Waals surface area contributed by atoms with Gasteiger partial charge in [0, 0.05) is 31.7 Å². The van der Waals surface area contributed by atoms with Crippen LogP contribution in [0.25, 0.3) is 0 Å². The van der Waals surface area contributed by atoms with Crippen molar-refractivity contribution in [3.63, 3.8) is 0 Å². The van der Waals surface area contributed by atoms with Gasteiger partial charge in [-0.15, -0.1) is 0 Å². The van der Waals surface area contributed by atoms with Gasteiger partial charge in [0.2, 0.25) is 11.9 Å². The van der Waals surface area contributed by atoms with Gasteiger partial charge in [-0.2, -0.15) is 0 Å². The predicted molar refractivity (Wildman–Crippen MR) is 97.7 cm³/mol. The Hall–Kier alpha value is -1.69. The first kappa shape index (κ1) is 16.5. The first-order valence-corrected chi connectivity index (χ1v) is 10.3. The highest BCUT2D eigenvalue weighted by molar-refractivity contribution is 5.80. The summed E-state index contributed by atoms with van der Waals surface area (Å²) in [4.78, 5) is 26.6. The number of carbonyl (C=O) groups is 1. The quantitative estimate of drug-likeness (QED) is 0.811. The Balaban J connectivity index is 1.29. The van der Waals surface area contributed by atoms with Gasteiger partial charge in [0.05, 0.1) is 18.8 Å². The maximum atomic E-state index is 13.1. The normalized spacial score (nSPS) is 26.6. The molecule has 1 aromatic rings. The summed E-state index contributed by atoms with van der Waals surface area (Å²) in [6.07, 6.45) is 9.09. The van der Waals surface area contributed by atoms with Crippen LogP contribution in [0.2, 0.25) is 0 Å². The number of anilines is 1. The minimum Gasteiger partial charge on any atom is -0.368 e. The number of hydrogen-bond donors (Lipinski definition) is 0. The molecule has 2 aliphatic carbocycles. The van der Waals surface area contributed by atoms with E-state index in [2.05, 4.69) is 9.88 Å². The molecule has 26 heavy (non-hydrogen) atoms. The minimum absolute atomic E-state index is 0.129. The molecule has 1 amide bonds. The van der Waals surface area contributed by atoms with E-state index in [1.807, 2.05) is 17.2 Å². The molecule has 0 bridgehead atoms. The molecule has 6 nitrogen and oxygen atoms in total. The van der Waals surface area contributed by atoms with Gasteiger partial charge < -0.3 is 14.5 Å². The Bertz CT molecular complexity index is 656. The second kappa shape index (κ2) is 6.80. The molecule has 4 aliphatic rings. The highest BCUT2D eigenvalue weighted by Gasteiger charge is 2.47. The lowest BCUT2D eigenvalue weighted by Gasteiger charge is -2.35. The molecule has 2 aliphatic heterocycles. The summed E-state index contributed by atoms with van der Waals surface area (Å²) < 4.78 is 5.99. The molecule has 2 saturated heterocycles. The molecular weight excluding hydrogens is 328 g/mol. The van der Waals surface area contributed by atoms with Crippen LogP contribution in [0, 0.1) is 17.8 Å². The number of aromatic nitrogens is 2. The first-order chi connectivity index (χ1) is 12.8. The second-order valence-corrected chi connectivity index (χ2v) is 8.32. The summed E-state index contributed by atoms with van der Waals surface area (Å²) in [7, 11) is 0. The summed E-state index contributed by atoms with van der Waals surface area (Å²) in [6, 6.07) is 1.94. The van der Waals surface area contributed by atoms with Crippen LogP contribution in [0.1, 0.15) is 50.3 Å². The van der Waals surface area contributed by atoms with Gasteiger partial charge in [0.15, 0.2) is 0 Å². The zero-order valence-corrected chi connectivity index (χ0v) is 15.3. The van der Waals surface area contributed by atoms with E-state index in [4.69, 9.17) is 9.72 Å². The summed E-state index contributed by atoms with van der Waals surface area (Å²) in [6.45, 7) is 4.01. The smallest absolute Gasteiger partial charge is 0.226 e. The van der Waals surface area contributed by atoms with Crippen molar-refractivity contribution >= 4 is 11.9 Å². The zero-order valence-electron chi connectivity index (χ0n) is 15.3. The Morgan fingerprint density at radius 3 is 2.54 bits per heavy atom. The lowest BCUT2D eigenvalue weighted by molar-refractivity contribution is -0.145. The molecule has 5 rings (SSSR count). The van der Waals surface area contributed by atoms with Crippen molar-refractivity contribution in [2.45, 2.75) is 44.6 Å². The molecular formula is C20H28N4O2. The first-order valence-electron chi connectivity index (χ1n) is 10.3. The lowest BCUT2D eigenvalue weighted by Crippen LogP contribution is -2.46. The highest BCUT2D eigenvalue weighted by Crippen LogP contribution is 2.50. The summed E-state index contributed by atoms with van der Waals surface area (Å²) in [5.41, 5.74) is 0.911. The van der Waals surface area contributed by atoms with E-state index in [1.165, 1.54) is 38.5 Å². The molecule has 4 fully saturated rings. The molecule has 2 saturated carbocycles. The van der Waals surface area contributed by atoms with E-state index in [-0.39, 0.29) is 12.0 Å². The van der Waals surface area contributed by atoms with E-state index in [0.29, 0.717) is 30.9 Å². The summed E-state index contributed by atoms with van der Waals surface area (Å²) >= 11 is 0.